The van der Waals surface area contributed by atoms with E-state index in [4.69, 9.17) is 4.74 Å². The second-order valence-corrected chi connectivity index (χ2v) is 7.21. The van der Waals surface area contributed by atoms with Crippen LogP contribution in [0.4, 0.5) is 4.79 Å². The molecule has 3 rings (SSSR count). The van der Waals surface area contributed by atoms with Gasteiger partial charge in [0.2, 0.25) is 0 Å². The summed E-state index contributed by atoms with van der Waals surface area (Å²) in [4.78, 5) is 28.7. The minimum atomic E-state index is -0.369. The second-order valence-electron chi connectivity index (χ2n) is 7.21. The molecule has 1 aromatic carbocycles. The molecule has 0 radical (unpaired) electrons. The zero-order chi connectivity index (χ0) is 19.6. The van der Waals surface area contributed by atoms with Crippen molar-refractivity contribution in [3.8, 4) is 5.75 Å². The molecule has 0 unspecified atom stereocenters. The lowest BCUT2D eigenvalue weighted by Crippen LogP contribution is -2.51. The highest BCUT2D eigenvalue weighted by molar-refractivity contribution is 5.96. The van der Waals surface area contributed by atoms with Crippen LogP contribution in [-0.2, 0) is 0 Å². The zero-order valence-electron chi connectivity index (χ0n) is 16.4. The lowest BCUT2D eigenvalue weighted by molar-refractivity contribution is 0.0632. The Morgan fingerprint density at radius 1 is 0.963 bits per heavy atom. The third-order valence-corrected chi connectivity index (χ3v) is 5.00. The van der Waals surface area contributed by atoms with Crippen molar-refractivity contribution in [2.75, 3.05) is 26.2 Å². The summed E-state index contributed by atoms with van der Waals surface area (Å²) in [6.07, 6.45) is -0.369. The van der Waals surface area contributed by atoms with Crippen LogP contribution in [-0.4, -0.2) is 52.5 Å². The number of para-hydroxylation sites is 1. The zero-order valence-corrected chi connectivity index (χ0v) is 16.4. The molecular weight excluding hydrogens is 342 g/mol. The molecule has 1 fully saturated rings. The number of aryl methyl sites for hydroxylation is 1. The fourth-order valence-corrected chi connectivity index (χ4v) is 3.70. The topological polar surface area (TPSA) is 54.8 Å². The van der Waals surface area contributed by atoms with E-state index in [-0.39, 0.29) is 12.0 Å². The van der Waals surface area contributed by atoms with Crippen molar-refractivity contribution in [3.05, 3.63) is 53.3 Å². The molecule has 1 aliphatic heterocycles. The van der Waals surface area contributed by atoms with Crippen molar-refractivity contribution in [2.24, 2.45) is 0 Å². The van der Waals surface area contributed by atoms with Crippen LogP contribution >= 0.6 is 0 Å². The molecular formula is C21H27N3O3. The Morgan fingerprint density at radius 2 is 1.56 bits per heavy atom. The average molecular weight is 369 g/mol. The first kappa shape index (κ1) is 19.0. The number of carbonyl (C=O) groups is 2. The van der Waals surface area contributed by atoms with Gasteiger partial charge in [-0.3, -0.25) is 4.79 Å². The summed E-state index contributed by atoms with van der Waals surface area (Å²) < 4.78 is 7.56. The van der Waals surface area contributed by atoms with Gasteiger partial charge >= 0.3 is 6.09 Å². The molecule has 27 heavy (non-hydrogen) atoms. The highest BCUT2D eigenvalue weighted by atomic mass is 16.6. The van der Waals surface area contributed by atoms with Crippen molar-refractivity contribution >= 4 is 12.0 Å². The summed E-state index contributed by atoms with van der Waals surface area (Å²) in [5.41, 5.74) is 2.84. The quantitative estimate of drug-likeness (QED) is 0.830. The van der Waals surface area contributed by atoms with E-state index in [1.54, 1.807) is 17.0 Å². The van der Waals surface area contributed by atoms with Gasteiger partial charge in [-0.2, -0.15) is 0 Å². The van der Waals surface area contributed by atoms with Gasteiger partial charge in [-0.25, -0.2) is 4.79 Å². The summed E-state index contributed by atoms with van der Waals surface area (Å²) in [7, 11) is 0. The summed E-state index contributed by atoms with van der Waals surface area (Å²) in [5, 5.41) is 0. The molecule has 0 atom stereocenters. The number of rotatable bonds is 3. The Labute approximate surface area is 160 Å². The van der Waals surface area contributed by atoms with Crippen LogP contribution in [0.1, 0.15) is 41.6 Å². The number of hydrogen-bond acceptors (Lipinski definition) is 3. The third-order valence-electron chi connectivity index (χ3n) is 5.00. The van der Waals surface area contributed by atoms with Gasteiger partial charge in [0.15, 0.2) is 0 Å². The lowest BCUT2D eigenvalue weighted by Gasteiger charge is -2.34. The van der Waals surface area contributed by atoms with E-state index in [1.807, 2.05) is 43.0 Å². The fraction of sp³-hybridized carbons (Fsp3) is 0.429. The first-order valence-corrected chi connectivity index (χ1v) is 9.38. The maximum absolute atomic E-state index is 13.0. The van der Waals surface area contributed by atoms with Crippen LogP contribution in [0.3, 0.4) is 0 Å². The first-order valence-electron chi connectivity index (χ1n) is 9.38. The number of hydrogen-bond donors (Lipinski definition) is 0. The van der Waals surface area contributed by atoms with Crippen LogP contribution in [0.2, 0.25) is 0 Å². The Balaban J connectivity index is 1.61. The standard InChI is InChI=1S/C21H27N3O3/c1-15(2)24-16(3)14-19(17(24)4)20(25)22-10-12-23(13-11-22)21(26)27-18-8-6-5-7-9-18/h5-9,14-15H,10-13H2,1-4H3. The monoisotopic (exact) mass is 369 g/mol. The van der Waals surface area contributed by atoms with E-state index in [0.29, 0.717) is 38.0 Å². The second kappa shape index (κ2) is 7.86. The van der Waals surface area contributed by atoms with Crippen molar-refractivity contribution in [1.29, 1.82) is 0 Å². The SMILES string of the molecule is Cc1cc(C(=O)N2CCN(C(=O)Oc3ccccc3)CC2)c(C)n1C(C)C. The van der Waals surface area contributed by atoms with Crippen LogP contribution < -0.4 is 4.74 Å². The molecule has 0 bridgehead atoms. The van der Waals surface area contributed by atoms with E-state index in [1.165, 1.54) is 0 Å². The molecule has 6 heteroatoms. The predicted octanol–water partition coefficient (Wildman–Crippen LogP) is 3.64. The molecule has 0 saturated carbocycles. The molecule has 2 amide bonds. The summed E-state index contributed by atoms with van der Waals surface area (Å²) in [6, 6.07) is 11.3. The molecule has 6 nitrogen and oxygen atoms in total. The molecule has 0 spiro atoms. The number of benzene rings is 1. The number of ether oxygens (including phenoxy) is 1. The van der Waals surface area contributed by atoms with Gasteiger partial charge in [-0.15, -0.1) is 0 Å². The molecule has 0 N–H and O–H groups in total. The van der Waals surface area contributed by atoms with Gasteiger partial charge < -0.3 is 19.1 Å². The number of aromatic nitrogens is 1. The van der Waals surface area contributed by atoms with Crippen LogP contribution in [0.25, 0.3) is 0 Å². The van der Waals surface area contributed by atoms with Gasteiger partial charge in [0.1, 0.15) is 5.75 Å². The fourth-order valence-electron chi connectivity index (χ4n) is 3.70. The minimum Gasteiger partial charge on any atom is -0.410 e. The Morgan fingerprint density at radius 3 is 2.11 bits per heavy atom. The predicted molar refractivity (Wildman–Crippen MR) is 104 cm³/mol. The highest BCUT2D eigenvalue weighted by Gasteiger charge is 2.28. The van der Waals surface area contributed by atoms with Crippen LogP contribution in [0.5, 0.6) is 5.75 Å². The first-order chi connectivity index (χ1) is 12.9. The molecule has 1 aromatic heterocycles. The van der Waals surface area contributed by atoms with Crippen LogP contribution in [0.15, 0.2) is 36.4 Å². The Kier molecular flexibility index (Phi) is 5.54. The maximum Gasteiger partial charge on any atom is 0.415 e. The largest absolute Gasteiger partial charge is 0.415 e. The smallest absolute Gasteiger partial charge is 0.410 e. The summed E-state index contributed by atoms with van der Waals surface area (Å²) in [5.74, 6) is 0.563. The molecule has 1 saturated heterocycles. The molecule has 2 heterocycles. The Hall–Kier alpha value is -2.76. The minimum absolute atomic E-state index is 0.0334. The highest BCUT2D eigenvalue weighted by Crippen LogP contribution is 2.22. The van der Waals surface area contributed by atoms with Gasteiger partial charge in [-0.1, -0.05) is 18.2 Å². The summed E-state index contributed by atoms with van der Waals surface area (Å²) in [6.45, 7) is 10.2. The van der Waals surface area contributed by atoms with E-state index in [2.05, 4.69) is 18.4 Å². The van der Waals surface area contributed by atoms with E-state index < -0.39 is 0 Å². The van der Waals surface area contributed by atoms with Gasteiger partial charge in [0.25, 0.3) is 5.91 Å². The average Bonchev–Trinajstić information content (AvgIpc) is 2.96. The van der Waals surface area contributed by atoms with Crippen molar-refractivity contribution in [2.45, 2.75) is 33.7 Å². The molecule has 1 aliphatic rings. The third kappa shape index (κ3) is 3.99. The van der Waals surface area contributed by atoms with Gasteiger partial charge in [0, 0.05) is 43.6 Å². The van der Waals surface area contributed by atoms with Crippen molar-refractivity contribution in [3.63, 3.8) is 0 Å². The molecule has 144 valence electrons. The normalized spacial score (nSPS) is 14.6. The van der Waals surface area contributed by atoms with Crippen LogP contribution in [0, 0.1) is 13.8 Å². The van der Waals surface area contributed by atoms with E-state index >= 15 is 0 Å². The maximum atomic E-state index is 13.0. The van der Waals surface area contributed by atoms with E-state index in [0.717, 1.165) is 17.0 Å². The van der Waals surface area contributed by atoms with Crippen molar-refractivity contribution < 1.29 is 14.3 Å². The summed E-state index contributed by atoms with van der Waals surface area (Å²) >= 11 is 0. The van der Waals surface area contributed by atoms with Gasteiger partial charge in [-0.05, 0) is 45.9 Å². The molecule has 0 aliphatic carbocycles. The lowest BCUT2D eigenvalue weighted by atomic mass is 10.2. The van der Waals surface area contributed by atoms with E-state index in [9.17, 15) is 9.59 Å². The number of nitrogens with zero attached hydrogens (tertiary/aromatic N) is 3. The van der Waals surface area contributed by atoms with Gasteiger partial charge in [0.05, 0.1) is 5.56 Å². The molecule has 2 aromatic rings. The number of piperazine rings is 1. The number of amides is 2. The Bertz CT molecular complexity index is 819. The number of carbonyl (C=O) groups excluding carboxylic acids is 2. The van der Waals surface area contributed by atoms with Crippen molar-refractivity contribution in [1.82, 2.24) is 14.4 Å².